The molecular weight excluding hydrogens is 401 g/mol. The van der Waals surface area contributed by atoms with Crippen molar-refractivity contribution in [1.29, 1.82) is 0 Å². The molecule has 0 bridgehead atoms. The second kappa shape index (κ2) is 9.43. The van der Waals surface area contributed by atoms with E-state index in [-0.39, 0.29) is 17.1 Å². The van der Waals surface area contributed by atoms with E-state index in [2.05, 4.69) is 15.3 Å². The van der Waals surface area contributed by atoms with Gasteiger partial charge in [-0.2, -0.15) is 4.98 Å². The van der Waals surface area contributed by atoms with Gasteiger partial charge in [-0.25, -0.2) is 4.98 Å². The first-order valence-corrected chi connectivity index (χ1v) is 10.2. The summed E-state index contributed by atoms with van der Waals surface area (Å²) in [5.41, 5.74) is 2.35. The third-order valence-electron chi connectivity index (χ3n) is 5.08. The standard InChI is InChI=1S/C20H23Cl2N3O3/c1-2-14(19(26)27)16-6-4-12-10-13(5-7-15(12)16)28-9-3-8-23-18-17(21)11-24-20(22)25-18/h5,7,10-11,14,16H,2-4,6,8-9H2,1H3,(H,26,27)(H,23,24,25)/t14?,16-/m0/s1. The molecule has 150 valence electrons. The van der Waals surface area contributed by atoms with Crippen molar-refractivity contribution in [3.63, 3.8) is 0 Å². The third-order valence-corrected chi connectivity index (χ3v) is 5.54. The van der Waals surface area contributed by atoms with E-state index in [4.69, 9.17) is 27.9 Å². The molecule has 0 amide bonds. The maximum absolute atomic E-state index is 11.5. The SMILES string of the molecule is CCC(C(=O)O)[C@@H]1CCc2cc(OCCCNc3nc(Cl)ncc3Cl)ccc21. The molecule has 1 aliphatic carbocycles. The van der Waals surface area contributed by atoms with Crippen LogP contribution in [0.1, 0.15) is 43.2 Å². The van der Waals surface area contributed by atoms with Crippen LogP contribution < -0.4 is 10.1 Å². The number of aryl methyl sites for hydroxylation is 1. The van der Waals surface area contributed by atoms with Gasteiger partial charge in [0.2, 0.25) is 5.28 Å². The Hall–Kier alpha value is -2.05. The Kier molecular flexibility index (Phi) is 6.97. The first kappa shape index (κ1) is 20.7. The van der Waals surface area contributed by atoms with E-state index in [0.29, 0.717) is 30.4 Å². The van der Waals surface area contributed by atoms with Crippen molar-refractivity contribution in [1.82, 2.24) is 9.97 Å². The number of rotatable bonds is 9. The Morgan fingerprint density at radius 3 is 3.00 bits per heavy atom. The van der Waals surface area contributed by atoms with Gasteiger partial charge in [-0.3, -0.25) is 4.79 Å². The van der Waals surface area contributed by atoms with Crippen LogP contribution >= 0.6 is 23.2 Å². The summed E-state index contributed by atoms with van der Waals surface area (Å²) >= 11 is 11.8. The number of nitrogens with zero attached hydrogens (tertiary/aromatic N) is 2. The highest BCUT2D eigenvalue weighted by Crippen LogP contribution is 2.41. The van der Waals surface area contributed by atoms with Crippen molar-refractivity contribution < 1.29 is 14.6 Å². The number of aliphatic carboxylic acids is 1. The van der Waals surface area contributed by atoms with E-state index in [0.717, 1.165) is 30.6 Å². The number of ether oxygens (including phenoxy) is 1. The van der Waals surface area contributed by atoms with E-state index in [1.807, 2.05) is 25.1 Å². The summed E-state index contributed by atoms with van der Waals surface area (Å²) in [4.78, 5) is 19.3. The van der Waals surface area contributed by atoms with Crippen LogP contribution in [-0.2, 0) is 11.2 Å². The monoisotopic (exact) mass is 423 g/mol. The number of aromatic nitrogens is 2. The predicted molar refractivity (Wildman–Crippen MR) is 110 cm³/mol. The largest absolute Gasteiger partial charge is 0.494 e. The van der Waals surface area contributed by atoms with E-state index in [9.17, 15) is 9.90 Å². The number of fused-ring (bicyclic) bond motifs is 1. The Balaban J connectivity index is 1.50. The van der Waals surface area contributed by atoms with E-state index in [1.165, 1.54) is 11.8 Å². The van der Waals surface area contributed by atoms with Crippen LogP contribution in [0.4, 0.5) is 5.82 Å². The molecule has 2 atom stereocenters. The lowest BCUT2D eigenvalue weighted by atomic mass is 9.85. The second-order valence-corrected chi connectivity index (χ2v) is 7.57. The molecule has 1 unspecified atom stereocenters. The molecule has 2 aromatic rings. The zero-order chi connectivity index (χ0) is 20.1. The quantitative estimate of drug-likeness (QED) is 0.444. The minimum Gasteiger partial charge on any atom is -0.494 e. The summed E-state index contributed by atoms with van der Waals surface area (Å²) in [6.45, 7) is 3.11. The molecule has 0 spiro atoms. The van der Waals surface area contributed by atoms with Crippen molar-refractivity contribution in [2.24, 2.45) is 5.92 Å². The number of benzene rings is 1. The highest BCUT2D eigenvalue weighted by molar-refractivity contribution is 6.33. The highest BCUT2D eigenvalue weighted by atomic mass is 35.5. The van der Waals surface area contributed by atoms with Crippen LogP contribution in [0.2, 0.25) is 10.3 Å². The summed E-state index contributed by atoms with van der Waals surface area (Å²) in [6, 6.07) is 5.99. The molecule has 0 fully saturated rings. The molecule has 1 aromatic carbocycles. The van der Waals surface area contributed by atoms with Crippen LogP contribution in [0.25, 0.3) is 0 Å². The van der Waals surface area contributed by atoms with Crippen LogP contribution in [0, 0.1) is 5.92 Å². The smallest absolute Gasteiger partial charge is 0.307 e. The normalized spacial score (nSPS) is 16.5. The van der Waals surface area contributed by atoms with Gasteiger partial charge in [0.05, 0.1) is 18.7 Å². The zero-order valence-corrected chi connectivity index (χ0v) is 17.1. The first-order chi connectivity index (χ1) is 13.5. The Morgan fingerprint density at radius 2 is 2.25 bits per heavy atom. The number of carboxylic acid groups (broad SMARTS) is 1. The van der Waals surface area contributed by atoms with Gasteiger partial charge in [-0.1, -0.05) is 24.6 Å². The molecule has 1 aromatic heterocycles. The molecule has 28 heavy (non-hydrogen) atoms. The molecule has 8 heteroatoms. The van der Waals surface area contributed by atoms with Gasteiger partial charge >= 0.3 is 5.97 Å². The van der Waals surface area contributed by atoms with E-state index in [1.54, 1.807) is 0 Å². The minimum absolute atomic E-state index is 0.0974. The average molecular weight is 424 g/mol. The first-order valence-electron chi connectivity index (χ1n) is 9.40. The average Bonchev–Trinajstić information content (AvgIpc) is 3.07. The van der Waals surface area contributed by atoms with Gasteiger partial charge in [-0.05, 0) is 66.5 Å². The fraction of sp³-hybridized carbons (Fsp3) is 0.450. The Bertz CT molecular complexity index is 847. The lowest BCUT2D eigenvalue weighted by Crippen LogP contribution is -2.19. The molecule has 3 rings (SSSR count). The topological polar surface area (TPSA) is 84.3 Å². The molecule has 0 saturated carbocycles. The lowest BCUT2D eigenvalue weighted by molar-refractivity contribution is -0.142. The van der Waals surface area contributed by atoms with Crippen molar-refractivity contribution in [3.05, 3.63) is 45.8 Å². The van der Waals surface area contributed by atoms with Gasteiger partial charge in [0, 0.05) is 6.54 Å². The van der Waals surface area contributed by atoms with Crippen LogP contribution in [-0.4, -0.2) is 34.2 Å². The molecule has 0 radical (unpaired) electrons. The van der Waals surface area contributed by atoms with Crippen LogP contribution in [0.15, 0.2) is 24.4 Å². The summed E-state index contributed by atoms with van der Waals surface area (Å²) in [7, 11) is 0. The molecule has 2 N–H and O–H groups in total. The van der Waals surface area contributed by atoms with Crippen molar-refractivity contribution in [2.75, 3.05) is 18.5 Å². The number of halogens is 2. The number of anilines is 1. The van der Waals surface area contributed by atoms with Crippen molar-refractivity contribution in [2.45, 2.75) is 38.5 Å². The molecular formula is C20H23Cl2N3O3. The Labute approximate surface area is 174 Å². The fourth-order valence-corrected chi connectivity index (χ4v) is 4.00. The minimum atomic E-state index is -0.710. The lowest BCUT2D eigenvalue weighted by Gasteiger charge is -2.19. The fourth-order valence-electron chi connectivity index (χ4n) is 3.70. The molecule has 6 nitrogen and oxygen atoms in total. The maximum Gasteiger partial charge on any atom is 0.307 e. The maximum atomic E-state index is 11.5. The summed E-state index contributed by atoms with van der Waals surface area (Å²) in [6.07, 6.45) is 4.65. The number of carbonyl (C=O) groups is 1. The third kappa shape index (κ3) is 4.86. The number of hydrogen-bond donors (Lipinski definition) is 2. The second-order valence-electron chi connectivity index (χ2n) is 6.82. The number of hydrogen-bond acceptors (Lipinski definition) is 5. The van der Waals surface area contributed by atoms with Gasteiger partial charge in [-0.15, -0.1) is 0 Å². The van der Waals surface area contributed by atoms with Gasteiger partial charge in [0.25, 0.3) is 0 Å². The van der Waals surface area contributed by atoms with Crippen LogP contribution in [0.3, 0.4) is 0 Å². The van der Waals surface area contributed by atoms with Gasteiger partial charge in [0.15, 0.2) is 0 Å². The predicted octanol–water partition coefficient (Wildman–Crippen LogP) is 4.81. The molecule has 0 aliphatic heterocycles. The van der Waals surface area contributed by atoms with Gasteiger partial charge < -0.3 is 15.2 Å². The molecule has 0 saturated heterocycles. The molecule has 1 heterocycles. The highest BCUT2D eigenvalue weighted by Gasteiger charge is 2.33. The summed E-state index contributed by atoms with van der Waals surface area (Å²) in [5.74, 6) is 0.389. The number of nitrogens with one attached hydrogen (secondary N) is 1. The molecule has 1 aliphatic rings. The van der Waals surface area contributed by atoms with Crippen LogP contribution in [0.5, 0.6) is 5.75 Å². The number of carboxylic acids is 1. The van der Waals surface area contributed by atoms with Crippen molar-refractivity contribution in [3.8, 4) is 5.75 Å². The van der Waals surface area contributed by atoms with E-state index < -0.39 is 5.97 Å². The van der Waals surface area contributed by atoms with Crippen molar-refractivity contribution >= 4 is 35.0 Å². The zero-order valence-electron chi connectivity index (χ0n) is 15.6. The van der Waals surface area contributed by atoms with E-state index >= 15 is 0 Å². The summed E-state index contributed by atoms with van der Waals surface area (Å²) < 4.78 is 5.84. The Morgan fingerprint density at radius 1 is 1.43 bits per heavy atom. The summed E-state index contributed by atoms with van der Waals surface area (Å²) in [5, 5.41) is 13.1. The van der Waals surface area contributed by atoms with Gasteiger partial charge in [0.1, 0.15) is 16.6 Å².